The van der Waals surface area contributed by atoms with Gasteiger partial charge in [-0.2, -0.15) is 5.10 Å². The first kappa shape index (κ1) is 8.11. The van der Waals surface area contributed by atoms with Gasteiger partial charge in [-0.25, -0.2) is 9.50 Å². The summed E-state index contributed by atoms with van der Waals surface area (Å²) in [7, 11) is 0. The van der Waals surface area contributed by atoms with Crippen molar-refractivity contribution in [1.29, 1.82) is 5.41 Å². The maximum atomic E-state index is 7.79. The summed E-state index contributed by atoms with van der Waals surface area (Å²) >= 11 is 0. The zero-order valence-electron chi connectivity index (χ0n) is 7.88. The lowest BCUT2D eigenvalue weighted by Crippen LogP contribution is -2.11. The molecule has 0 aliphatic rings. The predicted octanol–water partition coefficient (Wildman–Crippen LogP) is 1.36. The first-order chi connectivity index (χ1) is 7.36. The van der Waals surface area contributed by atoms with Gasteiger partial charge in [0.25, 0.3) is 0 Å². The second kappa shape index (κ2) is 2.88. The predicted molar refractivity (Wildman–Crippen MR) is 56.3 cm³/mol. The van der Waals surface area contributed by atoms with Crippen LogP contribution in [0.4, 0.5) is 0 Å². The fourth-order valence-corrected chi connectivity index (χ4v) is 1.67. The molecule has 3 rings (SSSR count). The molecule has 0 atom stereocenters. The van der Waals surface area contributed by atoms with E-state index in [1.54, 1.807) is 10.7 Å². The van der Waals surface area contributed by atoms with Crippen molar-refractivity contribution < 1.29 is 0 Å². The Morgan fingerprint density at radius 1 is 1.07 bits per heavy atom. The molecule has 0 bridgehead atoms. The Kier molecular flexibility index (Phi) is 1.56. The van der Waals surface area contributed by atoms with Crippen LogP contribution in [-0.4, -0.2) is 14.6 Å². The minimum Gasteiger partial charge on any atom is -0.282 e. The van der Waals surface area contributed by atoms with Crippen molar-refractivity contribution in [1.82, 2.24) is 14.6 Å². The lowest BCUT2D eigenvalue weighted by atomic mass is 10.2. The molecule has 0 saturated heterocycles. The molecule has 0 fully saturated rings. The minimum absolute atomic E-state index is 0.290. The molecule has 15 heavy (non-hydrogen) atoms. The third-order valence-corrected chi connectivity index (χ3v) is 2.34. The molecule has 0 saturated carbocycles. The second-order valence-electron chi connectivity index (χ2n) is 3.27. The molecule has 0 amide bonds. The van der Waals surface area contributed by atoms with E-state index in [0.717, 1.165) is 10.9 Å². The van der Waals surface area contributed by atoms with Gasteiger partial charge in [0, 0.05) is 11.6 Å². The van der Waals surface area contributed by atoms with Crippen LogP contribution in [0.1, 0.15) is 0 Å². The number of aromatic nitrogens is 3. The molecule has 0 aliphatic heterocycles. The van der Waals surface area contributed by atoms with Gasteiger partial charge in [-0.15, -0.1) is 0 Å². The quantitative estimate of drug-likeness (QED) is 0.552. The van der Waals surface area contributed by atoms with Crippen LogP contribution in [-0.2, 0) is 0 Å². The molecule has 1 aromatic carbocycles. The zero-order chi connectivity index (χ0) is 10.3. The average Bonchev–Trinajstić information content (AvgIpc) is 2.30. The summed E-state index contributed by atoms with van der Waals surface area (Å²) in [6, 6.07) is 11.3. The van der Waals surface area contributed by atoms with Crippen molar-refractivity contribution in [3.05, 3.63) is 48.1 Å². The van der Waals surface area contributed by atoms with Crippen LogP contribution < -0.4 is 5.49 Å². The summed E-state index contributed by atoms with van der Waals surface area (Å²) in [4.78, 5) is 4.17. The van der Waals surface area contributed by atoms with Crippen LogP contribution in [0.5, 0.6) is 0 Å². The van der Waals surface area contributed by atoms with E-state index < -0.39 is 0 Å². The molecule has 4 heteroatoms. The highest BCUT2D eigenvalue weighted by atomic mass is 15.2. The van der Waals surface area contributed by atoms with Gasteiger partial charge in [-0.3, -0.25) is 5.41 Å². The molecular weight excluding hydrogens is 188 g/mol. The monoisotopic (exact) mass is 196 g/mol. The fraction of sp³-hybridized carbons (Fsp3) is 0. The standard InChI is InChI=1S/C11H8N4/c12-11-8-4-1-2-5-9(8)15-10(14-11)6-3-7-13-15/h1-7,12H. The Morgan fingerprint density at radius 2 is 1.93 bits per heavy atom. The van der Waals surface area contributed by atoms with Gasteiger partial charge in [0.1, 0.15) is 0 Å². The van der Waals surface area contributed by atoms with Gasteiger partial charge in [-0.05, 0) is 24.3 Å². The van der Waals surface area contributed by atoms with Crippen LogP contribution >= 0.6 is 0 Å². The maximum absolute atomic E-state index is 7.79. The number of nitrogens with zero attached hydrogens (tertiary/aromatic N) is 3. The van der Waals surface area contributed by atoms with Crippen LogP contribution in [0.3, 0.4) is 0 Å². The molecule has 2 aromatic heterocycles. The Hall–Kier alpha value is -2.23. The Labute approximate surface area is 85.3 Å². The van der Waals surface area contributed by atoms with Crippen molar-refractivity contribution in [2.75, 3.05) is 0 Å². The van der Waals surface area contributed by atoms with Crippen molar-refractivity contribution >= 4 is 16.6 Å². The van der Waals surface area contributed by atoms with Crippen LogP contribution in [0.15, 0.2) is 42.6 Å². The summed E-state index contributed by atoms with van der Waals surface area (Å²) in [5, 5.41) is 12.8. The van der Waals surface area contributed by atoms with Gasteiger partial charge < -0.3 is 0 Å². The third kappa shape index (κ3) is 1.11. The van der Waals surface area contributed by atoms with Gasteiger partial charge in [0.15, 0.2) is 11.1 Å². The number of rotatable bonds is 0. The summed E-state index contributed by atoms with van der Waals surface area (Å²) in [6.45, 7) is 0. The highest BCUT2D eigenvalue weighted by molar-refractivity contribution is 5.79. The lowest BCUT2D eigenvalue weighted by molar-refractivity contribution is 0.926. The first-order valence-corrected chi connectivity index (χ1v) is 4.64. The highest BCUT2D eigenvalue weighted by Gasteiger charge is 2.01. The van der Waals surface area contributed by atoms with E-state index >= 15 is 0 Å². The Balaban J connectivity index is 2.70. The number of hydrogen-bond acceptors (Lipinski definition) is 3. The zero-order valence-corrected chi connectivity index (χ0v) is 7.88. The first-order valence-electron chi connectivity index (χ1n) is 4.64. The van der Waals surface area contributed by atoms with E-state index in [2.05, 4.69) is 10.1 Å². The fourth-order valence-electron chi connectivity index (χ4n) is 1.67. The summed E-state index contributed by atoms with van der Waals surface area (Å²) in [6.07, 6.45) is 1.71. The van der Waals surface area contributed by atoms with Gasteiger partial charge in [-0.1, -0.05) is 12.1 Å². The molecule has 0 radical (unpaired) electrons. The van der Waals surface area contributed by atoms with Gasteiger partial charge in [0.2, 0.25) is 0 Å². The SMILES string of the molecule is N=c1nc2cccnn2c2ccccc12. The maximum Gasteiger partial charge on any atom is 0.156 e. The largest absolute Gasteiger partial charge is 0.282 e. The number of hydrogen-bond donors (Lipinski definition) is 1. The number of nitrogens with one attached hydrogen (secondary N) is 1. The highest BCUT2D eigenvalue weighted by Crippen LogP contribution is 2.08. The Morgan fingerprint density at radius 3 is 2.87 bits per heavy atom. The summed E-state index contributed by atoms with van der Waals surface area (Å²) in [5.74, 6) is 0. The molecule has 0 unspecified atom stereocenters. The molecule has 1 N–H and O–H groups in total. The van der Waals surface area contributed by atoms with E-state index in [-0.39, 0.29) is 0 Å². The summed E-state index contributed by atoms with van der Waals surface area (Å²) in [5.41, 5.74) is 1.90. The van der Waals surface area contributed by atoms with Crippen LogP contribution in [0.25, 0.3) is 16.6 Å². The molecule has 4 nitrogen and oxygen atoms in total. The van der Waals surface area contributed by atoms with E-state index in [4.69, 9.17) is 5.41 Å². The van der Waals surface area contributed by atoms with Crippen molar-refractivity contribution in [2.24, 2.45) is 0 Å². The molecule has 72 valence electrons. The minimum atomic E-state index is 0.290. The topological polar surface area (TPSA) is 54.0 Å². The third-order valence-electron chi connectivity index (χ3n) is 2.34. The van der Waals surface area contributed by atoms with Crippen LogP contribution in [0, 0.1) is 5.41 Å². The van der Waals surface area contributed by atoms with Gasteiger partial charge in [0.05, 0.1) is 5.52 Å². The molecule has 2 heterocycles. The van der Waals surface area contributed by atoms with Crippen molar-refractivity contribution in [3.63, 3.8) is 0 Å². The van der Waals surface area contributed by atoms with E-state index in [1.165, 1.54) is 0 Å². The molecule has 0 spiro atoms. The van der Waals surface area contributed by atoms with Crippen LogP contribution in [0.2, 0.25) is 0 Å². The number of para-hydroxylation sites is 1. The van der Waals surface area contributed by atoms with E-state index in [9.17, 15) is 0 Å². The second-order valence-corrected chi connectivity index (χ2v) is 3.27. The Bertz CT molecular complexity index is 699. The smallest absolute Gasteiger partial charge is 0.156 e. The van der Waals surface area contributed by atoms with Crippen molar-refractivity contribution in [3.8, 4) is 0 Å². The van der Waals surface area contributed by atoms with Gasteiger partial charge >= 0.3 is 0 Å². The van der Waals surface area contributed by atoms with E-state index in [1.807, 2.05) is 36.4 Å². The normalized spacial score (nSPS) is 10.9. The molecule has 3 aromatic rings. The van der Waals surface area contributed by atoms with Crippen molar-refractivity contribution in [2.45, 2.75) is 0 Å². The number of fused-ring (bicyclic) bond motifs is 3. The lowest BCUT2D eigenvalue weighted by Gasteiger charge is -2.03. The van der Waals surface area contributed by atoms with E-state index in [0.29, 0.717) is 11.1 Å². The molecule has 0 aliphatic carbocycles. The number of benzene rings is 1. The summed E-state index contributed by atoms with van der Waals surface area (Å²) < 4.78 is 1.74. The average molecular weight is 196 g/mol. The molecular formula is C11H8N4.